The molecule has 0 bridgehead atoms. The minimum atomic E-state index is -3.94. The SMILES string of the molecule is Cc1cc(C(=O)N2C[C@@H](C)[C@H](C(=O)O)C2)cc(S(N)(=O)=O)c1C. The second-order valence-electron chi connectivity index (χ2n) is 6.09. The fraction of sp³-hybridized carbons (Fsp3) is 0.467. The molecule has 1 saturated heterocycles. The van der Waals surface area contributed by atoms with Gasteiger partial charge in [0.2, 0.25) is 10.0 Å². The molecule has 0 saturated carbocycles. The average Bonchev–Trinajstić information content (AvgIpc) is 2.81. The van der Waals surface area contributed by atoms with Crippen molar-refractivity contribution in [1.29, 1.82) is 0 Å². The van der Waals surface area contributed by atoms with Crippen molar-refractivity contribution >= 4 is 21.9 Å². The number of carbonyl (C=O) groups is 2. The molecule has 1 heterocycles. The third-order valence-corrected chi connectivity index (χ3v) is 5.43. The van der Waals surface area contributed by atoms with Crippen LogP contribution in [0.5, 0.6) is 0 Å². The molecule has 1 aromatic rings. The van der Waals surface area contributed by atoms with Crippen molar-refractivity contribution in [3.05, 3.63) is 28.8 Å². The van der Waals surface area contributed by atoms with Crippen LogP contribution in [0, 0.1) is 25.7 Å². The van der Waals surface area contributed by atoms with Gasteiger partial charge in [-0.3, -0.25) is 9.59 Å². The van der Waals surface area contributed by atoms with Crippen LogP contribution in [0.15, 0.2) is 17.0 Å². The van der Waals surface area contributed by atoms with Crippen molar-refractivity contribution in [1.82, 2.24) is 4.90 Å². The molecule has 0 unspecified atom stereocenters. The molecular weight excluding hydrogens is 320 g/mol. The molecule has 1 aliphatic heterocycles. The monoisotopic (exact) mass is 340 g/mol. The van der Waals surface area contributed by atoms with E-state index in [0.29, 0.717) is 17.7 Å². The van der Waals surface area contributed by atoms with Gasteiger partial charge in [-0.2, -0.15) is 0 Å². The lowest BCUT2D eigenvalue weighted by Crippen LogP contribution is -2.30. The van der Waals surface area contributed by atoms with Crippen LogP contribution >= 0.6 is 0 Å². The van der Waals surface area contributed by atoms with Crippen molar-refractivity contribution < 1.29 is 23.1 Å². The highest BCUT2D eigenvalue weighted by Gasteiger charge is 2.37. The fourth-order valence-electron chi connectivity index (χ4n) is 2.88. The smallest absolute Gasteiger partial charge is 0.308 e. The zero-order valence-corrected chi connectivity index (χ0v) is 14.1. The van der Waals surface area contributed by atoms with Gasteiger partial charge in [0.05, 0.1) is 10.8 Å². The summed E-state index contributed by atoms with van der Waals surface area (Å²) in [5.74, 6) is -2.07. The molecule has 3 N–H and O–H groups in total. The van der Waals surface area contributed by atoms with Gasteiger partial charge in [0, 0.05) is 18.7 Å². The largest absolute Gasteiger partial charge is 0.481 e. The van der Waals surface area contributed by atoms with Gasteiger partial charge < -0.3 is 10.0 Å². The van der Waals surface area contributed by atoms with Crippen molar-refractivity contribution in [2.24, 2.45) is 17.0 Å². The van der Waals surface area contributed by atoms with Crippen LogP contribution in [0.3, 0.4) is 0 Å². The maximum absolute atomic E-state index is 12.6. The number of benzene rings is 1. The van der Waals surface area contributed by atoms with Gasteiger partial charge in [0.25, 0.3) is 5.91 Å². The molecule has 8 heteroatoms. The van der Waals surface area contributed by atoms with E-state index in [1.807, 2.05) is 0 Å². The van der Waals surface area contributed by atoms with E-state index in [0.717, 1.165) is 0 Å². The summed E-state index contributed by atoms with van der Waals surface area (Å²) in [4.78, 5) is 25.1. The van der Waals surface area contributed by atoms with Crippen molar-refractivity contribution in [2.45, 2.75) is 25.7 Å². The van der Waals surface area contributed by atoms with E-state index in [2.05, 4.69) is 0 Å². The number of hydrogen-bond acceptors (Lipinski definition) is 4. The summed E-state index contributed by atoms with van der Waals surface area (Å²) < 4.78 is 23.3. The quantitative estimate of drug-likeness (QED) is 0.841. The van der Waals surface area contributed by atoms with E-state index in [4.69, 9.17) is 10.2 Å². The predicted molar refractivity (Wildman–Crippen MR) is 83.5 cm³/mol. The number of likely N-dealkylation sites (tertiary alicyclic amines) is 1. The second kappa shape index (κ2) is 5.93. The van der Waals surface area contributed by atoms with Crippen LogP contribution < -0.4 is 5.14 Å². The Hall–Kier alpha value is -1.93. The number of amides is 1. The molecule has 2 rings (SSSR count). The Balaban J connectivity index is 2.38. The zero-order chi connectivity index (χ0) is 17.5. The number of rotatable bonds is 3. The van der Waals surface area contributed by atoms with Crippen LogP contribution in [0.2, 0.25) is 0 Å². The molecule has 1 aliphatic rings. The number of nitrogens with two attached hydrogens (primary N) is 1. The number of aliphatic carboxylic acids is 1. The summed E-state index contributed by atoms with van der Waals surface area (Å²) in [7, 11) is -3.94. The number of aryl methyl sites for hydroxylation is 1. The first kappa shape index (κ1) is 17.4. The minimum absolute atomic E-state index is 0.0807. The Morgan fingerprint density at radius 2 is 1.87 bits per heavy atom. The first-order chi connectivity index (χ1) is 10.5. The molecule has 1 amide bonds. The molecule has 0 spiro atoms. The molecule has 0 aliphatic carbocycles. The Morgan fingerprint density at radius 1 is 1.26 bits per heavy atom. The van der Waals surface area contributed by atoms with Crippen LogP contribution in [0.25, 0.3) is 0 Å². The summed E-state index contributed by atoms with van der Waals surface area (Å²) in [5, 5.41) is 14.4. The third-order valence-electron chi connectivity index (χ3n) is 4.39. The molecule has 1 aromatic carbocycles. The fourth-order valence-corrected chi connectivity index (χ4v) is 3.76. The van der Waals surface area contributed by atoms with Crippen molar-refractivity contribution in [3.8, 4) is 0 Å². The predicted octanol–water partition coefficient (Wildman–Crippen LogP) is 0.744. The lowest BCUT2D eigenvalue weighted by Gasteiger charge is -2.18. The standard InChI is InChI=1S/C15H20N2O5S/c1-8-4-11(5-13(10(8)3)23(16,21)22)14(18)17-6-9(2)12(7-17)15(19)20/h4-5,9,12H,6-7H2,1-3H3,(H,19,20)(H2,16,21,22)/t9-,12-/m1/s1. The summed E-state index contributed by atoms with van der Waals surface area (Å²) in [6, 6.07) is 2.86. The zero-order valence-electron chi connectivity index (χ0n) is 13.2. The number of carboxylic acid groups (broad SMARTS) is 1. The summed E-state index contributed by atoms with van der Waals surface area (Å²) in [5.41, 5.74) is 1.35. The van der Waals surface area contributed by atoms with E-state index in [-0.39, 0.29) is 28.8 Å². The second-order valence-corrected chi connectivity index (χ2v) is 7.62. The van der Waals surface area contributed by atoms with Crippen molar-refractivity contribution in [2.75, 3.05) is 13.1 Å². The molecule has 0 aromatic heterocycles. The van der Waals surface area contributed by atoms with Crippen molar-refractivity contribution in [3.63, 3.8) is 0 Å². The normalized spacial score (nSPS) is 21.5. The number of carbonyl (C=O) groups excluding carboxylic acids is 1. The molecular formula is C15H20N2O5S. The third kappa shape index (κ3) is 3.37. The summed E-state index contributed by atoms with van der Waals surface area (Å²) in [6.45, 7) is 5.55. The van der Waals surface area contributed by atoms with E-state index in [1.54, 1.807) is 26.8 Å². The van der Waals surface area contributed by atoms with Gasteiger partial charge in [-0.05, 0) is 43.0 Å². The maximum Gasteiger partial charge on any atom is 0.308 e. The summed E-state index contributed by atoms with van der Waals surface area (Å²) in [6.07, 6.45) is 0. The molecule has 7 nitrogen and oxygen atoms in total. The lowest BCUT2D eigenvalue weighted by molar-refractivity contribution is -0.142. The van der Waals surface area contributed by atoms with E-state index >= 15 is 0 Å². The van der Waals surface area contributed by atoms with Gasteiger partial charge in [0.1, 0.15) is 0 Å². The maximum atomic E-state index is 12.6. The Morgan fingerprint density at radius 3 is 2.35 bits per heavy atom. The Kier molecular flexibility index (Phi) is 4.50. The van der Waals surface area contributed by atoms with Crippen LogP contribution in [-0.2, 0) is 14.8 Å². The Labute approximate surface area is 135 Å². The van der Waals surface area contributed by atoms with Crippen LogP contribution in [0.1, 0.15) is 28.4 Å². The number of hydrogen-bond donors (Lipinski definition) is 2. The lowest BCUT2D eigenvalue weighted by atomic mass is 9.99. The van der Waals surface area contributed by atoms with Gasteiger partial charge in [0.15, 0.2) is 0 Å². The Bertz CT molecular complexity index is 772. The average molecular weight is 340 g/mol. The number of primary sulfonamides is 1. The first-order valence-corrected chi connectivity index (χ1v) is 8.73. The molecule has 23 heavy (non-hydrogen) atoms. The topological polar surface area (TPSA) is 118 Å². The van der Waals surface area contributed by atoms with Crippen LogP contribution in [0.4, 0.5) is 0 Å². The highest BCUT2D eigenvalue weighted by atomic mass is 32.2. The number of nitrogens with zero attached hydrogens (tertiary/aromatic N) is 1. The van der Waals surface area contributed by atoms with Gasteiger partial charge in [-0.1, -0.05) is 6.92 Å². The van der Waals surface area contributed by atoms with E-state index in [1.165, 1.54) is 11.0 Å². The number of sulfonamides is 1. The highest BCUT2D eigenvalue weighted by molar-refractivity contribution is 7.89. The van der Waals surface area contributed by atoms with Gasteiger partial charge in [-0.25, -0.2) is 13.6 Å². The molecule has 0 radical (unpaired) electrons. The minimum Gasteiger partial charge on any atom is -0.481 e. The van der Waals surface area contributed by atoms with E-state index in [9.17, 15) is 18.0 Å². The highest BCUT2D eigenvalue weighted by Crippen LogP contribution is 2.26. The molecule has 1 fully saturated rings. The summed E-state index contributed by atoms with van der Waals surface area (Å²) >= 11 is 0. The number of carboxylic acids is 1. The van der Waals surface area contributed by atoms with Gasteiger partial charge >= 0.3 is 5.97 Å². The van der Waals surface area contributed by atoms with Crippen LogP contribution in [-0.4, -0.2) is 43.4 Å². The molecule has 126 valence electrons. The first-order valence-electron chi connectivity index (χ1n) is 7.18. The van der Waals surface area contributed by atoms with E-state index < -0.39 is 21.9 Å². The molecule has 2 atom stereocenters. The van der Waals surface area contributed by atoms with Gasteiger partial charge in [-0.15, -0.1) is 0 Å².